The lowest BCUT2D eigenvalue weighted by Gasteiger charge is -2.44. The minimum atomic E-state index is -0.346. The Bertz CT molecular complexity index is 325. The zero-order valence-electron chi connectivity index (χ0n) is 9.20. The average Bonchev–Trinajstić information content (AvgIpc) is 2.64. The molecule has 1 aromatic rings. The van der Waals surface area contributed by atoms with E-state index in [2.05, 4.69) is 19.1 Å². The van der Waals surface area contributed by atoms with Crippen molar-refractivity contribution in [3.63, 3.8) is 0 Å². The van der Waals surface area contributed by atoms with Crippen LogP contribution in [-0.2, 0) is 6.42 Å². The van der Waals surface area contributed by atoms with E-state index in [9.17, 15) is 5.11 Å². The Morgan fingerprint density at radius 1 is 1.53 bits per heavy atom. The van der Waals surface area contributed by atoms with Crippen molar-refractivity contribution in [3.05, 3.63) is 21.9 Å². The van der Waals surface area contributed by atoms with Crippen molar-refractivity contribution in [1.29, 1.82) is 0 Å². The second-order valence-corrected chi connectivity index (χ2v) is 5.68. The zero-order valence-corrected chi connectivity index (χ0v) is 10.0. The molecule has 0 aromatic carbocycles. The van der Waals surface area contributed by atoms with Crippen LogP contribution in [0.5, 0.6) is 0 Å². The van der Waals surface area contributed by atoms with Gasteiger partial charge in [0.15, 0.2) is 0 Å². The molecule has 15 heavy (non-hydrogen) atoms. The average molecular weight is 225 g/mol. The van der Waals surface area contributed by atoms with Gasteiger partial charge in [-0.05, 0) is 31.4 Å². The highest BCUT2D eigenvalue weighted by atomic mass is 32.1. The largest absolute Gasteiger partial charge is 0.387 e. The summed E-state index contributed by atoms with van der Waals surface area (Å²) in [5.41, 5.74) is 5.77. The van der Waals surface area contributed by atoms with Crippen molar-refractivity contribution >= 4 is 11.3 Å². The molecule has 0 amide bonds. The summed E-state index contributed by atoms with van der Waals surface area (Å²) in [6, 6.07) is 4.18. The predicted octanol–water partition coefficient (Wildman–Crippen LogP) is 2.47. The molecule has 3 heteroatoms. The van der Waals surface area contributed by atoms with Gasteiger partial charge in [-0.1, -0.05) is 13.3 Å². The summed E-state index contributed by atoms with van der Waals surface area (Å²) >= 11 is 1.73. The van der Waals surface area contributed by atoms with Crippen LogP contribution < -0.4 is 5.73 Å². The van der Waals surface area contributed by atoms with Gasteiger partial charge in [0.1, 0.15) is 0 Å². The lowest BCUT2D eigenvalue weighted by Crippen LogP contribution is -2.42. The van der Waals surface area contributed by atoms with Gasteiger partial charge in [0, 0.05) is 21.7 Å². The van der Waals surface area contributed by atoms with Gasteiger partial charge >= 0.3 is 0 Å². The van der Waals surface area contributed by atoms with Crippen LogP contribution in [0.1, 0.15) is 42.0 Å². The fourth-order valence-corrected chi connectivity index (χ4v) is 3.33. The first-order chi connectivity index (χ1) is 7.22. The monoisotopic (exact) mass is 225 g/mol. The summed E-state index contributed by atoms with van der Waals surface area (Å²) < 4.78 is 0. The fourth-order valence-electron chi connectivity index (χ4n) is 2.25. The van der Waals surface area contributed by atoms with Gasteiger partial charge in [-0.2, -0.15) is 0 Å². The van der Waals surface area contributed by atoms with Crippen molar-refractivity contribution in [2.45, 2.75) is 38.7 Å². The Morgan fingerprint density at radius 2 is 2.27 bits per heavy atom. The van der Waals surface area contributed by atoms with E-state index in [4.69, 9.17) is 5.73 Å². The minimum absolute atomic E-state index is 0.0180. The molecule has 0 aliphatic heterocycles. The molecule has 1 aliphatic rings. The topological polar surface area (TPSA) is 46.2 Å². The molecule has 1 aromatic heterocycles. The van der Waals surface area contributed by atoms with Gasteiger partial charge in [-0.3, -0.25) is 0 Å². The smallest absolute Gasteiger partial charge is 0.0950 e. The Balaban J connectivity index is 2.15. The molecular weight excluding hydrogens is 206 g/mol. The van der Waals surface area contributed by atoms with E-state index < -0.39 is 0 Å². The zero-order chi connectivity index (χ0) is 10.9. The summed E-state index contributed by atoms with van der Waals surface area (Å²) in [5, 5.41) is 10.3. The summed E-state index contributed by atoms with van der Waals surface area (Å²) in [6.07, 6.45) is 4.06. The Labute approximate surface area is 95.1 Å². The second kappa shape index (κ2) is 4.24. The van der Waals surface area contributed by atoms with Gasteiger partial charge in [0.2, 0.25) is 0 Å². The van der Waals surface area contributed by atoms with Crippen molar-refractivity contribution in [1.82, 2.24) is 0 Å². The Hall–Kier alpha value is -0.380. The molecule has 1 unspecified atom stereocenters. The molecule has 2 rings (SSSR count). The highest BCUT2D eigenvalue weighted by molar-refractivity contribution is 7.12. The molecule has 0 bridgehead atoms. The molecule has 1 aliphatic carbocycles. The number of hydrogen-bond acceptors (Lipinski definition) is 3. The normalized spacial score (nSPS) is 21.0. The maximum absolute atomic E-state index is 10.3. The van der Waals surface area contributed by atoms with Crippen LogP contribution >= 0.6 is 11.3 Å². The maximum atomic E-state index is 10.3. The summed E-state index contributed by atoms with van der Waals surface area (Å²) in [6.45, 7) is 2.75. The minimum Gasteiger partial charge on any atom is -0.387 e. The predicted molar refractivity (Wildman–Crippen MR) is 64.0 cm³/mol. The lowest BCUT2D eigenvalue weighted by atomic mass is 9.65. The highest BCUT2D eigenvalue weighted by Crippen LogP contribution is 2.50. The number of thiophene rings is 1. The number of hydrogen-bond donors (Lipinski definition) is 2. The highest BCUT2D eigenvalue weighted by Gasteiger charge is 2.43. The van der Waals surface area contributed by atoms with E-state index >= 15 is 0 Å². The molecule has 1 heterocycles. The van der Waals surface area contributed by atoms with Crippen LogP contribution in [0.4, 0.5) is 0 Å². The molecule has 0 radical (unpaired) electrons. The van der Waals surface area contributed by atoms with E-state index in [0.29, 0.717) is 6.54 Å². The van der Waals surface area contributed by atoms with Crippen molar-refractivity contribution in [3.8, 4) is 0 Å². The third-order valence-electron chi connectivity index (χ3n) is 3.64. The molecule has 2 nitrogen and oxygen atoms in total. The van der Waals surface area contributed by atoms with Crippen LogP contribution in [0.25, 0.3) is 0 Å². The van der Waals surface area contributed by atoms with Crippen molar-refractivity contribution < 1.29 is 5.11 Å². The van der Waals surface area contributed by atoms with E-state index in [0.717, 1.165) is 24.1 Å². The molecular formula is C12H19NOS. The van der Waals surface area contributed by atoms with Crippen LogP contribution in [0.15, 0.2) is 12.1 Å². The fraction of sp³-hybridized carbons (Fsp3) is 0.667. The Kier molecular flexibility index (Phi) is 3.14. The van der Waals surface area contributed by atoms with Crippen LogP contribution in [-0.4, -0.2) is 11.7 Å². The first-order valence-corrected chi connectivity index (χ1v) is 6.50. The Morgan fingerprint density at radius 3 is 2.67 bits per heavy atom. The molecule has 0 saturated heterocycles. The van der Waals surface area contributed by atoms with E-state index in [1.165, 1.54) is 11.3 Å². The van der Waals surface area contributed by atoms with Crippen LogP contribution in [0, 0.1) is 5.41 Å². The molecule has 3 N–H and O–H groups in total. The maximum Gasteiger partial charge on any atom is 0.0950 e. The quantitative estimate of drug-likeness (QED) is 0.827. The molecule has 1 atom stereocenters. The second-order valence-electron chi connectivity index (χ2n) is 4.48. The third-order valence-corrected chi connectivity index (χ3v) is 4.92. The summed E-state index contributed by atoms with van der Waals surface area (Å²) in [5.74, 6) is 0. The molecule has 0 spiro atoms. The van der Waals surface area contributed by atoms with Gasteiger partial charge in [0.25, 0.3) is 0 Å². The van der Waals surface area contributed by atoms with Crippen molar-refractivity contribution in [2.75, 3.05) is 6.54 Å². The van der Waals surface area contributed by atoms with Gasteiger partial charge in [-0.25, -0.2) is 0 Å². The van der Waals surface area contributed by atoms with E-state index in [-0.39, 0.29) is 11.5 Å². The number of aliphatic hydroxyl groups excluding tert-OH is 1. The first-order valence-electron chi connectivity index (χ1n) is 5.68. The molecule has 1 saturated carbocycles. The first kappa shape index (κ1) is 11.1. The van der Waals surface area contributed by atoms with Gasteiger partial charge < -0.3 is 10.8 Å². The molecule has 84 valence electrons. The molecule has 1 fully saturated rings. The van der Waals surface area contributed by atoms with E-state index in [1.54, 1.807) is 11.3 Å². The number of nitrogens with two attached hydrogens (primary N) is 1. The van der Waals surface area contributed by atoms with Crippen molar-refractivity contribution in [2.24, 2.45) is 11.1 Å². The summed E-state index contributed by atoms with van der Waals surface area (Å²) in [4.78, 5) is 2.44. The number of rotatable bonds is 4. The lowest BCUT2D eigenvalue weighted by molar-refractivity contribution is -0.0275. The third kappa shape index (κ3) is 1.84. The van der Waals surface area contributed by atoms with Gasteiger partial charge in [0.05, 0.1) is 6.10 Å². The standard InChI is InChI=1S/C12H19NOS/c1-2-9-4-5-10(15-9)11(14)12(8-13)6-3-7-12/h4-5,11,14H,2-3,6-8,13H2,1H3. The van der Waals surface area contributed by atoms with Gasteiger partial charge in [-0.15, -0.1) is 11.3 Å². The number of aliphatic hydroxyl groups is 1. The van der Waals surface area contributed by atoms with Crippen LogP contribution in [0.2, 0.25) is 0 Å². The SMILES string of the molecule is CCc1ccc(C(O)C2(CN)CCC2)s1. The number of aryl methyl sites for hydroxylation is 1. The van der Waals surface area contributed by atoms with E-state index in [1.807, 2.05) is 0 Å². The summed E-state index contributed by atoms with van der Waals surface area (Å²) in [7, 11) is 0. The van der Waals surface area contributed by atoms with Crippen LogP contribution in [0.3, 0.4) is 0 Å².